The third-order valence-electron chi connectivity index (χ3n) is 4.58. The molecule has 2 aromatic heterocycles. The zero-order valence-electron chi connectivity index (χ0n) is 16.1. The molecule has 1 N–H and O–H groups in total. The molecule has 8 heteroatoms. The lowest BCUT2D eigenvalue weighted by Crippen LogP contribution is -2.45. The van der Waals surface area contributed by atoms with Crippen LogP contribution in [0, 0.1) is 5.92 Å². The average Bonchev–Trinajstić information content (AvgIpc) is 3.23. The first-order chi connectivity index (χ1) is 13.5. The lowest BCUT2D eigenvalue weighted by atomic mass is 10.0. The third-order valence-corrected chi connectivity index (χ3v) is 4.80. The summed E-state index contributed by atoms with van der Waals surface area (Å²) in [5.41, 5.74) is 1.20. The second-order valence-electron chi connectivity index (χ2n) is 6.81. The van der Waals surface area contributed by atoms with Crippen LogP contribution >= 0.6 is 11.6 Å². The van der Waals surface area contributed by atoms with Crippen molar-refractivity contribution in [1.29, 1.82) is 0 Å². The van der Waals surface area contributed by atoms with E-state index in [4.69, 9.17) is 11.6 Å². The smallest absolute Gasteiger partial charge is 0.256 e. The van der Waals surface area contributed by atoms with Crippen molar-refractivity contribution in [3.8, 4) is 5.69 Å². The fourth-order valence-electron chi connectivity index (χ4n) is 3.02. The van der Waals surface area contributed by atoms with Crippen LogP contribution in [0.2, 0.25) is 5.02 Å². The highest BCUT2D eigenvalue weighted by Crippen LogP contribution is 2.19. The largest absolute Gasteiger partial charge is 0.368 e. The first-order valence-corrected chi connectivity index (χ1v) is 9.43. The molecule has 0 aliphatic heterocycles. The number of carbonyl (C=O) groups is 1. The van der Waals surface area contributed by atoms with Gasteiger partial charge in [-0.15, -0.1) is 0 Å². The van der Waals surface area contributed by atoms with Gasteiger partial charge >= 0.3 is 0 Å². The van der Waals surface area contributed by atoms with Gasteiger partial charge in [-0.2, -0.15) is 15.0 Å². The van der Waals surface area contributed by atoms with Crippen LogP contribution in [0.5, 0.6) is 0 Å². The molecule has 1 amide bonds. The summed E-state index contributed by atoms with van der Waals surface area (Å²) in [5.74, 6) is 0.873. The van der Waals surface area contributed by atoms with Crippen LogP contribution in [-0.4, -0.2) is 50.4 Å². The maximum absolute atomic E-state index is 13.3. The van der Waals surface area contributed by atoms with Gasteiger partial charge in [0.1, 0.15) is 5.82 Å². The number of rotatable bonds is 7. The number of likely N-dealkylation sites (N-methyl/N-ethyl adjacent to an activating group) is 1. The van der Waals surface area contributed by atoms with E-state index in [1.54, 1.807) is 35.6 Å². The van der Waals surface area contributed by atoms with Gasteiger partial charge in [-0.05, 0) is 30.2 Å². The van der Waals surface area contributed by atoms with Crippen molar-refractivity contribution in [2.75, 3.05) is 18.9 Å². The Balaban J connectivity index is 1.79. The van der Waals surface area contributed by atoms with Crippen LogP contribution in [-0.2, 0) is 0 Å². The molecule has 1 aromatic carbocycles. The number of amides is 1. The predicted octanol–water partition coefficient (Wildman–Crippen LogP) is 3.52. The maximum Gasteiger partial charge on any atom is 0.256 e. The zero-order chi connectivity index (χ0) is 20.1. The minimum atomic E-state index is -0.0857. The van der Waals surface area contributed by atoms with Crippen LogP contribution in [0.1, 0.15) is 24.2 Å². The van der Waals surface area contributed by atoms with Gasteiger partial charge in [-0.25, -0.2) is 4.98 Å². The molecular formula is C20H23ClN6O. The molecule has 3 rings (SSSR count). The highest BCUT2D eigenvalue weighted by Gasteiger charge is 2.26. The average molecular weight is 399 g/mol. The number of hydrogen-bond donors (Lipinski definition) is 1. The molecule has 0 aliphatic carbocycles. The van der Waals surface area contributed by atoms with Crippen LogP contribution in [0.15, 0.2) is 55.0 Å². The molecule has 0 unspecified atom stereocenters. The minimum Gasteiger partial charge on any atom is -0.368 e. The van der Waals surface area contributed by atoms with Crippen molar-refractivity contribution in [2.24, 2.45) is 5.92 Å². The molecule has 0 saturated heterocycles. The Hall–Kier alpha value is -2.93. The first-order valence-electron chi connectivity index (χ1n) is 9.05. The van der Waals surface area contributed by atoms with Crippen LogP contribution in [0.3, 0.4) is 0 Å². The molecule has 0 bridgehead atoms. The Bertz CT molecular complexity index is 911. The van der Waals surface area contributed by atoms with Crippen LogP contribution < -0.4 is 5.32 Å². The summed E-state index contributed by atoms with van der Waals surface area (Å²) in [6.07, 6.45) is 4.77. The fraction of sp³-hybridized carbons (Fsp3) is 0.300. The highest BCUT2D eigenvalue weighted by molar-refractivity contribution is 6.30. The summed E-state index contributed by atoms with van der Waals surface area (Å²) in [5, 5.41) is 12.2. The standard InChI is InChI=1S/C20H23ClN6O/c1-14(2)18(13-23-19-9-8-15(21)12-22-19)26(3)20(28)16-6-4-5-7-17(16)27-24-10-11-25-27/h4-12,14,18H,13H2,1-3H3,(H,22,23)/t18-/m1/s1. The summed E-state index contributed by atoms with van der Waals surface area (Å²) in [7, 11) is 1.82. The summed E-state index contributed by atoms with van der Waals surface area (Å²) < 4.78 is 0. The van der Waals surface area contributed by atoms with Gasteiger partial charge in [0.2, 0.25) is 0 Å². The fourth-order valence-corrected chi connectivity index (χ4v) is 3.13. The van der Waals surface area contributed by atoms with Crippen molar-refractivity contribution in [3.05, 3.63) is 65.6 Å². The number of halogens is 1. The second kappa shape index (κ2) is 8.84. The molecule has 0 radical (unpaired) electrons. The quantitative estimate of drug-likeness (QED) is 0.658. The first kappa shape index (κ1) is 19.8. The summed E-state index contributed by atoms with van der Waals surface area (Å²) >= 11 is 5.89. The number of nitrogens with one attached hydrogen (secondary N) is 1. The van der Waals surface area contributed by atoms with Gasteiger partial charge in [-0.1, -0.05) is 37.6 Å². The number of anilines is 1. The Morgan fingerprint density at radius 3 is 2.54 bits per heavy atom. The number of pyridine rings is 1. The van der Waals surface area contributed by atoms with E-state index < -0.39 is 0 Å². The Labute approximate surface area is 169 Å². The molecule has 146 valence electrons. The maximum atomic E-state index is 13.3. The van der Waals surface area contributed by atoms with E-state index in [1.807, 2.05) is 31.3 Å². The minimum absolute atomic E-state index is 0.0383. The number of para-hydroxylation sites is 1. The van der Waals surface area contributed by atoms with Gasteiger partial charge < -0.3 is 10.2 Å². The number of benzene rings is 1. The molecule has 2 heterocycles. The van der Waals surface area contributed by atoms with Gasteiger partial charge in [0.15, 0.2) is 0 Å². The predicted molar refractivity (Wildman–Crippen MR) is 110 cm³/mol. The third kappa shape index (κ3) is 4.48. The van der Waals surface area contributed by atoms with Gasteiger partial charge in [0.05, 0.1) is 34.7 Å². The van der Waals surface area contributed by atoms with Gasteiger partial charge in [-0.3, -0.25) is 4.79 Å². The monoisotopic (exact) mass is 398 g/mol. The van der Waals surface area contributed by atoms with Crippen molar-refractivity contribution in [1.82, 2.24) is 24.9 Å². The van der Waals surface area contributed by atoms with E-state index in [2.05, 4.69) is 34.3 Å². The molecule has 7 nitrogen and oxygen atoms in total. The van der Waals surface area contributed by atoms with Crippen LogP contribution in [0.4, 0.5) is 5.82 Å². The summed E-state index contributed by atoms with van der Waals surface area (Å²) in [6, 6.07) is 10.9. The van der Waals surface area contributed by atoms with E-state index in [1.165, 1.54) is 4.80 Å². The van der Waals surface area contributed by atoms with E-state index >= 15 is 0 Å². The van der Waals surface area contributed by atoms with E-state index in [0.717, 1.165) is 5.82 Å². The lowest BCUT2D eigenvalue weighted by molar-refractivity contribution is 0.0700. The molecular weight excluding hydrogens is 376 g/mol. The zero-order valence-corrected chi connectivity index (χ0v) is 16.8. The molecule has 0 aliphatic rings. The van der Waals surface area contributed by atoms with Gasteiger partial charge in [0.25, 0.3) is 5.91 Å². The molecule has 0 fully saturated rings. The topological polar surface area (TPSA) is 75.9 Å². The molecule has 0 spiro atoms. The molecule has 0 saturated carbocycles. The molecule has 28 heavy (non-hydrogen) atoms. The van der Waals surface area contributed by atoms with E-state index in [9.17, 15) is 4.79 Å². The number of aromatic nitrogens is 4. The Kier molecular flexibility index (Phi) is 6.26. The molecule has 1 atom stereocenters. The molecule has 3 aromatic rings. The lowest BCUT2D eigenvalue weighted by Gasteiger charge is -2.32. The highest BCUT2D eigenvalue weighted by atomic mass is 35.5. The second-order valence-corrected chi connectivity index (χ2v) is 7.24. The summed E-state index contributed by atoms with van der Waals surface area (Å²) in [6.45, 7) is 4.75. The van der Waals surface area contributed by atoms with Crippen molar-refractivity contribution < 1.29 is 4.79 Å². The van der Waals surface area contributed by atoms with E-state index in [-0.39, 0.29) is 17.9 Å². The number of carbonyl (C=O) groups excluding carboxylic acids is 1. The number of hydrogen-bond acceptors (Lipinski definition) is 5. The Morgan fingerprint density at radius 2 is 1.89 bits per heavy atom. The Morgan fingerprint density at radius 1 is 1.18 bits per heavy atom. The normalized spacial score (nSPS) is 12.0. The van der Waals surface area contributed by atoms with Crippen molar-refractivity contribution >= 4 is 23.3 Å². The van der Waals surface area contributed by atoms with Crippen molar-refractivity contribution in [2.45, 2.75) is 19.9 Å². The SMILES string of the molecule is CC(C)[C@@H](CNc1ccc(Cl)cn1)N(C)C(=O)c1ccccc1-n1nccn1. The van der Waals surface area contributed by atoms with Crippen LogP contribution in [0.25, 0.3) is 5.69 Å². The van der Waals surface area contributed by atoms with Crippen molar-refractivity contribution in [3.63, 3.8) is 0 Å². The van der Waals surface area contributed by atoms with E-state index in [0.29, 0.717) is 22.8 Å². The van der Waals surface area contributed by atoms with Gasteiger partial charge in [0, 0.05) is 19.8 Å². The summed E-state index contributed by atoms with van der Waals surface area (Å²) in [4.78, 5) is 20.7. The number of nitrogens with zero attached hydrogens (tertiary/aromatic N) is 5.